The van der Waals surface area contributed by atoms with Crippen molar-refractivity contribution in [2.75, 3.05) is 0 Å². The van der Waals surface area contributed by atoms with Crippen LogP contribution in [0.1, 0.15) is 0 Å². The van der Waals surface area contributed by atoms with Crippen LogP contribution in [-0.4, -0.2) is 24.2 Å². The molecule has 1 radical (unpaired) electrons. The fourth-order valence-electron chi connectivity index (χ4n) is 0.386. The van der Waals surface area contributed by atoms with Crippen LogP contribution in [0.25, 0.3) is 0 Å². The minimum absolute atomic E-state index is 1.79. The maximum absolute atomic E-state index is 11.9. The predicted molar refractivity (Wildman–Crippen MR) is 26.2 cm³/mol. The number of alkyl halides is 8. The van der Waals surface area contributed by atoms with Crippen LogP contribution in [0.15, 0.2) is 0 Å². The van der Waals surface area contributed by atoms with Gasteiger partial charge in [0.2, 0.25) is 0 Å². The predicted octanol–water partition coefficient (Wildman–Crippen LogP) is 2.99. The lowest BCUT2D eigenvalue weighted by molar-refractivity contribution is -0.362. The molecule has 0 aromatic heterocycles. The van der Waals surface area contributed by atoms with Crippen molar-refractivity contribution in [3.8, 4) is 0 Å². The van der Waals surface area contributed by atoms with E-state index in [0.717, 1.165) is 0 Å². The first-order chi connectivity index (χ1) is 5.44. The molecule has 0 spiro atoms. The highest BCUT2D eigenvalue weighted by Gasteiger charge is 2.75. The van der Waals surface area contributed by atoms with Gasteiger partial charge in [0.05, 0.1) is 0 Å². The van der Waals surface area contributed by atoms with Gasteiger partial charge in [-0.05, 0) is 6.92 Å². The monoisotopic (exact) mass is 215 g/mol. The number of halogens is 8. The summed E-state index contributed by atoms with van der Waals surface area (Å²) in [5.74, 6) is -12.3. The van der Waals surface area contributed by atoms with Crippen molar-refractivity contribution in [2.45, 2.75) is 24.2 Å². The molecule has 0 aliphatic rings. The molecule has 0 aliphatic carbocycles. The molecule has 0 rings (SSSR count). The Morgan fingerprint density at radius 2 is 1.15 bits per heavy atom. The zero-order valence-electron chi connectivity index (χ0n) is 5.81. The second kappa shape index (κ2) is 2.98. The molecule has 79 valence electrons. The first-order valence-corrected chi connectivity index (χ1v) is 2.74. The Kier molecular flexibility index (Phi) is 2.86. The van der Waals surface area contributed by atoms with Crippen molar-refractivity contribution >= 4 is 0 Å². The summed E-state index contributed by atoms with van der Waals surface area (Å²) in [4.78, 5) is 0. The molecule has 0 N–H and O–H groups in total. The van der Waals surface area contributed by atoms with E-state index in [9.17, 15) is 35.1 Å². The minimum atomic E-state index is -6.50. The van der Waals surface area contributed by atoms with Crippen molar-refractivity contribution in [3.63, 3.8) is 0 Å². The van der Waals surface area contributed by atoms with Crippen molar-refractivity contribution < 1.29 is 35.1 Å². The van der Waals surface area contributed by atoms with Crippen LogP contribution in [0, 0.1) is 6.92 Å². The zero-order valence-corrected chi connectivity index (χ0v) is 5.81. The Labute approximate surface area is 67.5 Å². The highest BCUT2D eigenvalue weighted by Crippen LogP contribution is 2.48. The van der Waals surface area contributed by atoms with Crippen molar-refractivity contribution in [2.24, 2.45) is 0 Å². The second-order valence-electron chi connectivity index (χ2n) is 2.16. The lowest BCUT2D eigenvalue weighted by Gasteiger charge is -2.28. The van der Waals surface area contributed by atoms with Crippen molar-refractivity contribution in [3.05, 3.63) is 6.92 Å². The third-order valence-corrected chi connectivity index (χ3v) is 1.17. The number of hydrogen-bond donors (Lipinski definition) is 0. The zero-order chi connectivity index (χ0) is 11.1. The molecule has 0 saturated heterocycles. The fraction of sp³-hybridized carbons (Fsp3) is 0.800. The molecular weight excluding hydrogens is 212 g/mol. The van der Waals surface area contributed by atoms with Gasteiger partial charge < -0.3 is 0 Å². The summed E-state index contributed by atoms with van der Waals surface area (Å²) in [5, 5.41) is 0. The van der Waals surface area contributed by atoms with E-state index in [1.807, 2.05) is 0 Å². The third-order valence-electron chi connectivity index (χ3n) is 1.17. The van der Waals surface area contributed by atoms with Gasteiger partial charge >= 0.3 is 18.0 Å². The van der Waals surface area contributed by atoms with Gasteiger partial charge in [0.1, 0.15) is 0 Å². The van der Waals surface area contributed by atoms with Crippen LogP contribution in [-0.2, 0) is 0 Å². The van der Waals surface area contributed by atoms with Gasteiger partial charge in [-0.3, -0.25) is 0 Å². The molecule has 8 heteroatoms. The summed E-state index contributed by atoms with van der Waals surface area (Å²) in [5.41, 5.74) is 0. The molecule has 1 unspecified atom stereocenters. The molecule has 0 amide bonds. The lowest BCUT2D eigenvalue weighted by Crippen LogP contribution is -2.56. The van der Waals surface area contributed by atoms with E-state index < -0.39 is 24.2 Å². The lowest BCUT2D eigenvalue weighted by atomic mass is 10.1. The fourth-order valence-corrected chi connectivity index (χ4v) is 0.386. The molecule has 0 fully saturated rings. The van der Waals surface area contributed by atoms with Crippen molar-refractivity contribution in [1.29, 1.82) is 0 Å². The van der Waals surface area contributed by atoms with Gasteiger partial charge in [-0.15, -0.1) is 0 Å². The van der Waals surface area contributed by atoms with E-state index in [2.05, 4.69) is 0 Å². The summed E-state index contributed by atoms with van der Waals surface area (Å²) in [7, 11) is 0. The first kappa shape index (κ1) is 12.4. The summed E-state index contributed by atoms with van der Waals surface area (Å²) >= 11 is 0. The maximum atomic E-state index is 11.9. The third kappa shape index (κ3) is 1.86. The average Bonchev–Trinajstić information content (AvgIpc) is 1.84. The van der Waals surface area contributed by atoms with E-state index in [4.69, 9.17) is 0 Å². The molecule has 0 saturated carbocycles. The Hall–Kier alpha value is -0.560. The molecule has 0 aromatic rings. The molecule has 0 bridgehead atoms. The standard InChI is InChI=1S/C5H3F8/c1-2(6)3(7,8)4(9,10)5(11,12)13/h2H,1H2. The number of hydrogen-bond acceptors (Lipinski definition) is 0. The molecule has 0 aromatic carbocycles. The van der Waals surface area contributed by atoms with E-state index in [1.165, 1.54) is 0 Å². The summed E-state index contributed by atoms with van der Waals surface area (Å²) < 4.78 is 92.9. The average molecular weight is 215 g/mol. The molecule has 13 heavy (non-hydrogen) atoms. The van der Waals surface area contributed by atoms with Crippen molar-refractivity contribution in [1.82, 2.24) is 0 Å². The number of rotatable bonds is 2. The Balaban J connectivity index is 5.04. The SMILES string of the molecule is [CH2]C(F)C(F)(F)C(F)(F)C(F)(F)F. The van der Waals surface area contributed by atoms with E-state index in [1.54, 1.807) is 6.92 Å². The first-order valence-electron chi connectivity index (χ1n) is 2.74. The van der Waals surface area contributed by atoms with Crippen LogP contribution in [0.4, 0.5) is 35.1 Å². The van der Waals surface area contributed by atoms with E-state index in [-0.39, 0.29) is 0 Å². The van der Waals surface area contributed by atoms with Gasteiger partial charge in [-0.1, -0.05) is 0 Å². The summed E-state index contributed by atoms with van der Waals surface area (Å²) in [6.07, 6.45) is -10.3. The Bertz CT molecular complexity index is 177. The molecule has 0 aliphatic heterocycles. The highest BCUT2D eigenvalue weighted by molar-refractivity contribution is 4.96. The molecule has 1 atom stereocenters. The molecule has 0 nitrogen and oxygen atoms in total. The van der Waals surface area contributed by atoms with Gasteiger partial charge in [-0.2, -0.15) is 30.7 Å². The Morgan fingerprint density at radius 1 is 0.846 bits per heavy atom. The summed E-state index contributed by atoms with van der Waals surface area (Å²) in [6, 6.07) is 0. The van der Waals surface area contributed by atoms with Crippen LogP contribution in [0.3, 0.4) is 0 Å². The smallest absolute Gasteiger partial charge is 0.241 e. The normalized spacial score (nSPS) is 17.3. The molecule has 0 heterocycles. The van der Waals surface area contributed by atoms with Gasteiger partial charge in [0.15, 0.2) is 6.17 Å². The van der Waals surface area contributed by atoms with Crippen LogP contribution < -0.4 is 0 Å². The molecular formula is C5H3F8. The van der Waals surface area contributed by atoms with Gasteiger partial charge in [0, 0.05) is 0 Å². The van der Waals surface area contributed by atoms with Gasteiger partial charge in [0.25, 0.3) is 0 Å². The van der Waals surface area contributed by atoms with E-state index >= 15 is 0 Å². The largest absolute Gasteiger partial charge is 0.459 e. The minimum Gasteiger partial charge on any atom is -0.241 e. The highest BCUT2D eigenvalue weighted by atomic mass is 19.4. The summed E-state index contributed by atoms with van der Waals surface area (Å²) in [6.45, 7) is 1.79. The maximum Gasteiger partial charge on any atom is 0.459 e. The quantitative estimate of drug-likeness (QED) is 0.621. The van der Waals surface area contributed by atoms with Crippen LogP contribution in [0.5, 0.6) is 0 Å². The van der Waals surface area contributed by atoms with E-state index in [0.29, 0.717) is 0 Å². The van der Waals surface area contributed by atoms with Gasteiger partial charge in [-0.25, -0.2) is 4.39 Å². The van der Waals surface area contributed by atoms with Crippen LogP contribution in [0.2, 0.25) is 0 Å². The van der Waals surface area contributed by atoms with Crippen LogP contribution >= 0.6 is 0 Å². The second-order valence-corrected chi connectivity index (χ2v) is 2.16. The topological polar surface area (TPSA) is 0 Å². The Morgan fingerprint density at radius 3 is 1.23 bits per heavy atom.